The van der Waals surface area contributed by atoms with E-state index in [2.05, 4.69) is 16.0 Å². The van der Waals surface area contributed by atoms with Crippen LogP contribution in [0, 0.1) is 0 Å². The third kappa shape index (κ3) is 2.91. The standard InChI is InChI=1S/C14H20N2O/c1-16(2)10-8-13(17)12-7-3-5-11-6-4-9-15-14(11)12/h4,6,9,12H,3,5,7-8,10H2,1-2H3. The van der Waals surface area contributed by atoms with Crippen molar-refractivity contribution in [1.82, 2.24) is 9.88 Å². The lowest BCUT2D eigenvalue weighted by molar-refractivity contribution is -0.121. The smallest absolute Gasteiger partial charge is 0.143 e. The van der Waals surface area contributed by atoms with Crippen LogP contribution >= 0.6 is 0 Å². The number of ketones is 1. The summed E-state index contributed by atoms with van der Waals surface area (Å²) in [5, 5.41) is 0. The van der Waals surface area contributed by atoms with Crippen molar-refractivity contribution in [3.8, 4) is 0 Å². The highest BCUT2D eigenvalue weighted by atomic mass is 16.1. The normalized spacial score (nSPS) is 19.1. The van der Waals surface area contributed by atoms with Gasteiger partial charge in [0.25, 0.3) is 0 Å². The molecule has 3 heteroatoms. The monoisotopic (exact) mass is 232 g/mol. The van der Waals surface area contributed by atoms with Crippen molar-refractivity contribution in [2.24, 2.45) is 0 Å². The molecule has 0 saturated heterocycles. The van der Waals surface area contributed by atoms with Crippen molar-refractivity contribution in [1.29, 1.82) is 0 Å². The van der Waals surface area contributed by atoms with E-state index < -0.39 is 0 Å². The first-order valence-electron chi connectivity index (χ1n) is 6.29. The van der Waals surface area contributed by atoms with Crippen molar-refractivity contribution >= 4 is 5.78 Å². The molecule has 3 nitrogen and oxygen atoms in total. The summed E-state index contributed by atoms with van der Waals surface area (Å²) in [5.41, 5.74) is 2.30. The van der Waals surface area contributed by atoms with Crippen molar-refractivity contribution < 1.29 is 4.79 Å². The first-order valence-corrected chi connectivity index (χ1v) is 6.29. The predicted molar refractivity (Wildman–Crippen MR) is 68.1 cm³/mol. The van der Waals surface area contributed by atoms with Gasteiger partial charge < -0.3 is 4.90 Å². The molecule has 1 aliphatic rings. The Bertz CT molecular complexity index is 401. The molecule has 0 saturated carbocycles. The number of carbonyl (C=O) groups excluding carboxylic acids is 1. The summed E-state index contributed by atoms with van der Waals surface area (Å²) in [6.07, 6.45) is 5.58. The molecule has 0 spiro atoms. The summed E-state index contributed by atoms with van der Waals surface area (Å²) in [5.74, 6) is 0.387. The Morgan fingerprint density at radius 3 is 3.12 bits per heavy atom. The number of nitrogens with zero attached hydrogens (tertiary/aromatic N) is 2. The zero-order valence-corrected chi connectivity index (χ0v) is 10.6. The van der Waals surface area contributed by atoms with Crippen LogP contribution in [-0.4, -0.2) is 36.3 Å². The minimum Gasteiger partial charge on any atom is -0.309 e. The molecule has 0 fully saturated rings. The minimum atomic E-state index is 0.0416. The van der Waals surface area contributed by atoms with Crippen LogP contribution in [0.1, 0.15) is 36.4 Å². The van der Waals surface area contributed by atoms with Gasteiger partial charge in [-0.15, -0.1) is 0 Å². The van der Waals surface area contributed by atoms with Crippen LogP contribution in [0.3, 0.4) is 0 Å². The van der Waals surface area contributed by atoms with E-state index >= 15 is 0 Å². The Hall–Kier alpha value is -1.22. The quantitative estimate of drug-likeness (QED) is 0.796. The van der Waals surface area contributed by atoms with Crippen LogP contribution in [-0.2, 0) is 11.2 Å². The molecule has 92 valence electrons. The number of aryl methyl sites for hydroxylation is 1. The van der Waals surface area contributed by atoms with Crippen LogP contribution in [0.4, 0.5) is 0 Å². The zero-order valence-electron chi connectivity index (χ0n) is 10.6. The van der Waals surface area contributed by atoms with E-state index in [1.165, 1.54) is 5.56 Å². The Balaban J connectivity index is 2.10. The second kappa shape index (κ2) is 5.41. The third-order valence-corrected chi connectivity index (χ3v) is 3.39. The zero-order chi connectivity index (χ0) is 12.3. The largest absolute Gasteiger partial charge is 0.309 e. The number of aromatic nitrogens is 1. The van der Waals surface area contributed by atoms with Gasteiger partial charge in [-0.25, -0.2) is 0 Å². The molecule has 0 bridgehead atoms. The maximum Gasteiger partial charge on any atom is 0.143 e. The molecule has 1 unspecified atom stereocenters. The van der Waals surface area contributed by atoms with E-state index in [-0.39, 0.29) is 5.92 Å². The van der Waals surface area contributed by atoms with Crippen LogP contribution in [0.15, 0.2) is 18.3 Å². The van der Waals surface area contributed by atoms with Crippen LogP contribution in [0.25, 0.3) is 0 Å². The second-order valence-electron chi connectivity index (χ2n) is 5.01. The number of hydrogen-bond donors (Lipinski definition) is 0. The molecule has 17 heavy (non-hydrogen) atoms. The molecular weight excluding hydrogens is 212 g/mol. The lowest BCUT2D eigenvalue weighted by Gasteiger charge is -2.23. The molecule has 1 heterocycles. The highest BCUT2D eigenvalue weighted by molar-refractivity contribution is 5.86. The fourth-order valence-electron chi connectivity index (χ4n) is 2.43. The third-order valence-electron chi connectivity index (χ3n) is 3.39. The lowest BCUT2D eigenvalue weighted by Crippen LogP contribution is -2.24. The van der Waals surface area contributed by atoms with Crippen LogP contribution < -0.4 is 0 Å². The Morgan fingerprint density at radius 1 is 1.53 bits per heavy atom. The van der Waals surface area contributed by atoms with E-state index in [0.29, 0.717) is 12.2 Å². The lowest BCUT2D eigenvalue weighted by atomic mass is 9.83. The fraction of sp³-hybridized carbons (Fsp3) is 0.571. The fourth-order valence-corrected chi connectivity index (χ4v) is 2.43. The average molecular weight is 232 g/mol. The van der Waals surface area contributed by atoms with Crippen molar-refractivity contribution in [3.05, 3.63) is 29.6 Å². The van der Waals surface area contributed by atoms with E-state index in [1.807, 2.05) is 20.2 Å². The van der Waals surface area contributed by atoms with Crippen molar-refractivity contribution in [2.75, 3.05) is 20.6 Å². The Labute approximate surface area is 103 Å². The van der Waals surface area contributed by atoms with Gasteiger partial charge in [-0.3, -0.25) is 9.78 Å². The number of pyridine rings is 1. The van der Waals surface area contributed by atoms with Gasteiger partial charge in [-0.2, -0.15) is 0 Å². The summed E-state index contributed by atoms with van der Waals surface area (Å²) in [7, 11) is 4.00. The average Bonchev–Trinajstić information content (AvgIpc) is 2.35. The molecule has 2 rings (SSSR count). The van der Waals surface area contributed by atoms with Gasteiger partial charge in [-0.1, -0.05) is 6.07 Å². The predicted octanol–water partition coefficient (Wildman–Crippen LogP) is 2.02. The van der Waals surface area contributed by atoms with Gasteiger partial charge >= 0.3 is 0 Å². The van der Waals surface area contributed by atoms with Crippen molar-refractivity contribution in [2.45, 2.75) is 31.6 Å². The summed E-state index contributed by atoms with van der Waals surface area (Å²) >= 11 is 0. The highest BCUT2D eigenvalue weighted by Crippen LogP contribution is 2.31. The van der Waals surface area contributed by atoms with Gasteiger partial charge in [0.05, 0.1) is 11.6 Å². The molecule has 0 radical (unpaired) electrons. The van der Waals surface area contributed by atoms with E-state index in [0.717, 1.165) is 31.5 Å². The molecule has 0 amide bonds. The number of carbonyl (C=O) groups is 1. The van der Waals surface area contributed by atoms with Crippen LogP contribution in [0.5, 0.6) is 0 Å². The maximum absolute atomic E-state index is 12.2. The molecular formula is C14H20N2O. The molecule has 1 aliphatic carbocycles. The maximum atomic E-state index is 12.2. The van der Waals surface area contributed by atoms with Crippen molar-refractivity contribution in [3.63, 3.8) is 0 Å². The first-order chi connectivity index (χ1) is 8.18. The van der Waals surface area contributed by atoms with Crippen LogP contribution in [0.2, 0.25) is 0 Å². The Morgan fingerprint density at radius 2 is 2.35 bits per heavy atom. The number of hydrogen-bond acceptors (Lipinski definition) is 3. The van der Waals surface area contributed by atoms with Gasteiger partial charge in [0.15, 0.2) is 0 Å². The SMILES string of the molecule is CN(C)CCC(=O)C1CCCc2cccnc21. The van der Waals surface area contributed by atoms with Gasteiger partial charge in [-0.05, 0) is 45.0 Å². The number of fused-ring (bicyclic) bond motifs is 1. The summed E-state index contributed by atoms with van der Waals surface area (Å²) in [6, 6.07) is 4.07. The van der Waals surface area contributed by atoms with E-state index in [4.69, 9.17) is 0 Å². The number of rotatable bonds is 4. The van der Waals surface area contributed by atoms with E-state index in [9.17, 15) is 4.79 Å². The molecule has 0 aromatic carbocycles. The van der Waals surface area contributed by atoms with Gasteiger partial charge in [0.2, 0.25) is 0 Å². The second-order valence-corrected chi connectivity index (χ2v) is 5.01. The Kier molecular flexibility index (Phi) is 3.89. The molecule has 0 N–H and O–H groups in total. The van der Waals surface area contributed by atoms with Gasteiger partial charge in [0.1, 0.15) is 5.78 Å². The topological polar surface area (TPSA) is 33.2 Å². The van der Waals surface area contributed by atoms with Gasteiger partial charge in [0, 0.05) is 19.2 Å². The molecule has 1 aromatic heterocycles. The molecule has 0 aliphatic heterocycles. The summed E-state index contributed by atoms with van der Waals surface area (Å²) < 4.78 is 0. The number of Topliss-reactive ketones (excluding diaryl/α,β-unsaturated/α-hetero) is 1. The first kappa shape index (κ1) is 12.2. The summed E-state index contributed by atoms with van der Waals surface area (Å²) in [6.45, 7) is 0.831. The minimum absolute atomic E-state index is 0.0416. The molecule has 1 atom stereocenters. The van der Waals surface area contributed by atoms with E-state index in [1.54, 1.807) is 6.20 Å². The summed E-state index contributed by atoms with van der Waals surface area (Å²) in [4.78, 5) is 18.7. The highest BCUT2D eigenvalue weighted by Gasteiger charge is 2.26. The molecule has 1 aromatic rings.